The number of hydrogen-bond donors (Lipinski definition) is 0. The van der Waals surface area contributed by atoms with E-state index in [1.165, 1.54) is 4.68 Å². The van der Waals surface area contributed by atoms with Crippen LogP contribution in [0.1, 0.15) is 45.2 Å². The maximum atomic E-state index is 12.1. The molecule has 1 aromatic carbocycles. The summed E-state index contributed by atoms with van der Waals surface area (Å²) >= 11 is 6.23. The summed E-state index contributed by atoms with van der Waals surface area (Å²) in [6, 6.07) is 8.86. The average Bonchev–Trinajstić information content (AvgIpc) is 2.97. The molecule has 0 aliphatic heterocycles. The summed E-state index contributed by atoms with van der Waals surface area (Å²) in [5.74, 6) is -0.537. The maximum absolute atomic E-state index is 12.1. The predicted octanol–water partition coefficient (Wildman–Crippen LogP) is 3.90. The lowest BCUT2D eigenvalue weighted by Gasteiger charge is -2.09. The Morgan fingerprint density at radius 3 is 2.52 bits per heavy atom. The van der Waals surface area contributed by atoms with Gasteiger partial charge in [-0.2, -0.15) is 9.78 Å². The van der Waals surface area contributed by atoms with Crippen molar-refractivity contribution in [1.82, 2.24) is 9.78 Å². The summed E-state index contributed by atoms with van der Waals surface area (Å²) in [6.45, 7) is 5.98. The van der Waals surface area contributed by atoms with Crippen LogP contribution in [0.4, 0.5) is 0 Å². The minimum Gasteiger partial charge on any atom is -0.466 e. The zero-order valence-corrected chi connectivity index (χ0v) is 15.2. The summed E-state index contributed by atoms with van der Waals surface area (Å²) in [4.78, 5) is 23.4. The fourth-order valence-electron chi connectivity index (χ4n) is 2.14. The number of ether oxygens (including phenoxy) is 2. The molecule has 0 saturated carbocycles. The molecular weight excluding hydrogens is 344 g/mol. The van der Waals surface area contributed by atoms with E-state index in [1.54, 1.807) is 25.1 Å². The van der Waals surface area contributed by atoms with Gasteiger partial charge in [0.2, 0.25) is 5.88 Å². The second kappa shape index (κ2) is 8.67. The van der Waals surface area contributed by atoms with Crippen LogP contribution in [0.3, 0.4) is 0 Å². The van der Waals surface area contributed by atoms with Crippen molar-refractivity contribution < 1.29 is 19.1 Å². The molecule has 134 valence electrons. The van der Waals surface area contributed by atoms with Crippen molar-refractivity contribution in [2.75, 3.05) is 6.61 Å². The Hall–Kier alpha value is -2.34. The highest BCUT2D eigenvalue weighted by Gasteiger charge is 2.18. The topological polar surface area (TPSA) is 70.4 Å². The van der Waals surface area contributed by atoms with Gasteiger partial charge >= 0.3 is 11.9 Å². The van der Waals surface area contributed by atoms with E-state index in [2.05, 4.69) is 5.10 Å². The molecule has 0 bridgehead atoms. The van der Waals surface area contributed by atoms with Crippen LogP contribution in [0.5, 0.6) is 5.88 Å². The average molecular weight is 365 g/mol. The maximum Gasteiger partial charge on any atom is 0.313 e. The van der Waals surface area contributed by atoms with Gasteiger partial charge in [0.05, 0.1) is 35.9 Å². The van der Waals surface area contributed by atoms with E-state index < -0.39 is 11.9 Å². The fourth-order valence-corrected chi connectivity index (χ4v) is 2.35. The van der Waals surface area contributed by atoms with E-state index in [4.69, 9.17) is 21.1 Å². The summed E-state index contributed by atoms with van der Waals surface area (Å²) < 4.78 is 11.7. The Kier molecular flexibility index (Phi) is 6.58. The highest BCUT2D eigenvalue weighted by molar-refractivity contribution is 6.32. The molecule has 0 amide bonds. The van der Waals surface area contributed by atoms with E-state index in [0.29, 0.717) is 10.7 Å². The van der Waals surface area contributed by atoms with Gasteiger partial charge in [0.1, 0.15) is 0 Å². The van der Waals surface area contributed by atoms with Crippen LogP contribution in [-0.2, 0) is 14.3 Å². The van der Waals surface area contributed by atoms with E-state index in [9.17, 15) is 9.59 Å². The number of nitrogens with zero attached hydrogens (tertiary/aromatic N) is 2. The molecule has 6 nitrogen and oxygen atoms in total. The van der Waals surface area contributed by atoms with Gasteiger partial charge in [-0.05, 0) is 25.0 Å². The summed E-state index contributed by atoms with van der Waals surface area (Å²) in [5.41, 5.74) is 1.39. The number of benzene rings is 1. The largest absolute Gasteiger partial charge is 0.466 e. The van der Waals surface area contributed by atoms with Gasteiger partial charge in [-0.15, -0.1) is 0 Å². The van der Waals surface area contributed by atoms with Gasteiger partial charge in [0, 0.05) is 6.07 Å². The Morgan fingerprint density at radius 2 is 1.88 bits per heavy atom. The van der Waals surface area contributed by atoms with Gasteiger partial charge in [0.25, 0.3) is 0 Å². The molecule has 0 atom stereocenters. The van der Waals surface area contributed by atoms with Crippen molar-refractivity contribution in [3.8, 4) is 11.6 Å². The van der Waals surface area contributed by atoms with Crippen LogP contribution >= 0.6 is 11.6 Å². The van der Waals surface area contributed by atoms with Crippen molar-refractivity contribution in [3.05, 3.63) is 41.0 Å². The normalized spacial score (nSPS) is 10.8. The summed E-state index contributed by atoms with van der Waals surface area (Å²) in [5, 5.41) is 4.97. The minimum atomic E-state index is -0.531. The number of carbonyl (C=O) groups is 2. The molecule has 1 aromatic heterocycles. The molecule has 25 heavy (non-hydrogen) atoms. The van der Waals surface area contributed by atoms with Crippen molar-refractivity contribution in [1.29, 1.82) is 0 Å². The Morgan fingerprint density at radius 1 is 1.20 bits per heavy atom. The quantitative estimate of drug-likeness (QED) is 0.697. The third-order valence-corrected chi connectivity index (χ3v) is 3.74. The highest BCUT2D eigenvalue weighted by Crippen LogP contribution is 2.28. The van der Waals surface area contributed by atoms with Crippen LogP contribution in [0.2, 0.25) is 5.02 Å². The van der Waals surface area contributed by atoms with Gasteiger partial charge in [-0.25, -0.2) is 0 Å². The number of hydrogen-bond acceptors (Lipinski definition) is 5. The van der Waals surface area contributed by atoms with Gasteiger partial charge in [-0.1, -0.05) is 37.6 Å². The Balaban J connectivity index is 2.20. The molecule has 0 aliphatic rings. The van der Waals surface area contributed by atoms with Crippen LogP contribution in [-0.4, -0.2) is 28.3 Å². The first kappa shape index (κ1) is 19.0. The molecule has 0 radical (unpaired) electrons. The molecular formula is C18H21ClN2O4. The standard InChI is InChI=1S/C18H21ClN2O4/c1-4-24-17(22)9-10-18(23)25-16-11-14(12(2)3)20-21(16)15-8-6-5-7-13(15)19/h5-8,11-12H,4,9-10H2,1-3H3. The third kappa shape index (κ3) is 5.06. The second-order valence-electron chi connectivity index (χ2n) is 5.70. The molecule has 1 heterocycles. The van der Waals surface area contributed by atoms with Crippen molar-refractivity contribution >= 4 is 23.5 Å². The first-order chi connectivity index (χ1) is 11.9. The lowest BCUT2D eigenvalue weighted by Crippen LogP contribution is -2.14. The first-order valence-electron chi connectivity index (χ1n) is 8.13. The number of esters is 2. The van der Waals surface area contributed by atoms with Crippen LogP contribution in [0.15, 0.2) is 30.3 Å². The molecule has 0 unspecified atom stereocenters. The van der Waals surface area contributed by atoms with Crippen LogP contribution < -0.4 is 4.74 Å². The molecule has 7 heteroatoms. The summed E-state index contributed by atoms with van der Waals surface area (Å²) in [6.07, 6.45) is -0.0898. The molecule has 0 fully saturated rings. The lowest BCUT2D eigenvalue weighted by atomic mass is 10.1. The van der Waals surface area contributed by atoms with E-state index in [1.807, 2.05) is 26.0 Å². The first-order valence-corrected chi connectivity index (χ1v) is 8.51. The lowest BCUT2D eigenvalue weighted by molar-refractivity contribution is -0.146. The van der Waals surface area contributed by atoms with Crippen LogP contribution in [0, 0.1) is 0 Å². The zero-order valence-electron chi connectivity index (χ0n) is 14.5. The second-order valence-corrected chi connectivity index (χ2v) is 6.11. The monoisotopic (exact) mass is 364 g/mol. The predicted molar refractivity (Wildman–Crippen MR) is 94.2 cm³/mol. The van der Waals surface area contributed by atoms with E-state index >= 15 is 0 Å². The van der Waals surface area contributed by atoms with Crippen molar-refractivity contribution in [2.45, 2.75) is 39.5 Å². The van der Waals surface area contributed by atoms with E-state index in [0.717, 1.165) is 5.69 Å². The van der Waals surface area contributed by atoms with Gasteiger partial charge in [-0.3, -0.25) is 9.59 Å². The summed E-state index contributed by atoms with van der Waals surface area (Å²) in [7, 11) is 0. The van der Waals surface area contributed by atoms with Crippen LogP contribution in [0.25, 0.3) is 5.69 Å². The number of carbonyl (C=O) groups excluding carboxylic acids is 2. The molecule has 2 aromatic rings. The number of aromatic nitrogens is 2. The highest BCUT2D eigenvalue weighted by atomic mass is 35.5. The molecule has 0 N–H and O–H groups in total. The number of para-hydroxylation sites is 1. The van der Waals surface area contributed by atoms with Gasteiger partial charge < -0.3 is 9.47 Å². The molecule has 0 saturated heterocycles. The molecule has 0 aliphatic carbocycles. The Labute approximate surface area is 151 Å². The Bertz CT molecular complexity index is 755. The zero-order chi connectivity index (χ0) is 18.4. The minimum absolute atomic E-state index is 0.0239. The SMILES string of the molecule is CCOC(=O)CCC(=O)Oc1cc(C(C)C)nn1-c1ccccc1Cl. The van der Waals surface area contributed by atoms with Crippen molar-refractivity contribution in [2.24, 2.45) is 0 Å². The number of halogens is 1. The molecule has 0 spiro atoms. The van der Waals surface area contributed by atoms with E-state index in [-0.39, 0.29) is 31.2 Å². The fraction of sp³-hybridized carbons (Fsp3) is 0.389. The molecule has 2 rings (SSSR count). The van der Waals surface area contributed by atoms with Gasteiger partial charge in [0.15, 0.2) is 0 Å². The third-order valence-electron chi connectivity index (χ3n) is 3.42. The smallest absolute Gasteiger partial charge is 0.313 e. The number of rotatable bonds is 7. The van der Waals surface area contributed by atoms with Crippen molar-refractivity contribution in [3.63, 3.8) is 0 Å².